The summed E-state index contributed by atoms with van der Waals surface area (Å²) in [5, 5.41) is 3.00. The maximum atomic E-state index is 13.3. The first kappa shape index (κ1) is 12.8. The summed E-state index contributed by atoms with van der Waals surface area (Å²) in [5.41, 5.74) is 0.555. The van der Waals surface area contributed by atoms with E-state index in [0.29, 0.717) is 18.7 Å². The van der Waals surface area contributed by atoms with Crippen molar-refractivity contribution >= 4 is 0 Å². The van der Waals surface area contributed by atoms with Crippen LogP contribution in [0.3, 0.4) is 0 Å². The normalized spacial score (nSPS) is 10.8. The summed E-state index contributed by atoms with van der Waals surface area (Å²) in [6.07, 6.45) is 0. The van der Waals surface area contributed by atoms with Crippen molar-refractivity contribution in [2.75, 3.05) is 7.05 Å². The highest BCUT2D eigenvalue weighted by atomic mass is 19.1. The Labute approximate surface area is 106 Å². The summed E-state index contributed by atoms with van der Waals surface area (Å²) in [4.78, 5) is 0. The van der Waals surface area contributed by atoms with E-state index in [-0.39, 0.29) is 12.4 Å². The fraction of sp³-hybridized carbons (Fsp3) is 0.286. The largest absolute Gasteiger partial charge is 0.462 e. The highest BCUT2D eigenvalue weighted by Gasteiger charge is 2.03. The number of halogens is 1. The van der Waals surface area contributed by atoms with E-state index < -0.39 is 0 Å². The Balaban J connectivity index is 1.83. The van der Waals surface area contributed by atoms with Crippen molar-refractivity contribution in [2.24, 2.45) is 0 Å². The van der Waals surface area contributed by atoms with Crippen LogP contribution in [0, 0.1) is 5.82 Å². The van der Waals surface area contributed by atoms with Gasteiger partial charge in [-0.05, 0) is 25.2 Å². The Morgan fingerprint density at radius 2 is 1.89 bits per heavy atom. The van der Waals surface area contributed by atoms with Gasteiger partial charge >= 0.3 is 0 Å². The molecule has 2 rings (SSSR count). The van der Waals surface area contributed by atoms with E-state index in [9.17, 15) is 4.39 Å². The Morgan fingerprint density at radius 3 is 2.67 bits per heavy atom. The van der Waals surface area contributed by atoms with Crippen molar-refractivity contribution in [3.63, 3.8) is 0 Å². The molecular formula is C14H16FNO2. The lowest BCUT2D eigenvalue weighted by Gasteiger charge is -2.03. The molecule has 0 bridgehead atoms. The van der Waals surface area contributed by atoms with E-state index in [0.717, 1.165) is 11.5 Å². The molecule has 1 aromatic carbocycles. The number of nitrogens with one attached hydrogen (secondary N) is 1. The molecule has 1 aromatic heterocycles. The molecule has 18 heavy (non-hydrogen) atoms. The van der Waals surface area contributed by atoms with Crippen LogP contribution in [-0.2, 0) is 24.5 Å². The van der Waals surface area contributed by atoms with Crippen LogP contribution in [0.25, 0.3) is 0 Å². The number of furan rings is 1. The minimum atomic E-state index is -0.243. The zero-order chi connectivity index (χ0) is 12.8. The summed E-state index contributed by atoms with van der Waals surface area (Å²) in [6, 6.07) is 10.4. The zero-order valence-electron chi connectivity index (χ0n) is 10.3. The molecule has 0 amide bonds. The number of rotatable bonds is 6. The van der Waals surface area contributed by atoms with E-state index in [1.54, 1.807) is 18.2 Å². The van der Waals surface area contributed by atoms with Gasteiger partial charge in [0.2, 0.25) is 0 Å². The van der Waals surface area contributed by atoms with E-state index >= 15 is 0 Å². The lowest BCUT2D eigenvalue weighted by Crippen LogP contribution is -2.03. The van der Waals surface area contributed by atoms with Crippen molar-refractivity contribution < 1.29 is 13.5 Å². The van der Waals surface area contributed by atoms with Gasteiger partial charge in [-0.3, -0.25) is 0 Å². The number of ether oxygens (including phenoxy) is 1. The van der Waals surface area contributed by atoms with E-state index in [4.69, 9.17) is 9.15 Å². The Kier molecular flexibility index (Phi) is 4.50. The first-order valence-electron chi connectivity index (χ1n) is 5.83. The van der Waals surface area contributed by atoms with Gasteiger partial charge in [-0.25, -0.2) is 4.39 Å². The zero-order valence-corrected chi connectivity index (χ0v) is 10.3. The first-order valence-corrected chi connectivity index (χ1v) is 5.83. The van der Waals surface area contributed by atoms with Crippen molar-refractivity contribution in [3.8, 4) is 0 Å². The standard InChI is InChI=1S/C14H16FNO2/c1-16-8-12-6-7-13(18-12)10-17-9-11-4-2-3-5-14(11)15/h2-7,16H,8-10H2,1H3. The van der Waals surface area contributed by atoms with Crippen molar-refractivity contribution in [3.05, 3.63) is 59.3 Å². The second-order valence-electron chi connectivity index (χ2n) is 3.98. The van der Waals surface area contributed by atoms with E-state index in [1.807, 2.05) is 19.2 Å². The van der Waals surface area contributed by atoms with Gasteiger partial charge in [-0.1, -0.05) is 18.2 Å². The summed E-state index contributed by atoms with van der Waals surface area (Å²) in [6.45, 7) is 1.28. The van der Waals surface area contributed by atoms with Gasteiger partial charge in [0.25, 0.3) is 0 Å². The van der Waals surface area contributed by atoms with Gasteiger partial charge in [-0.15, -0.1) is 0 Å². The molecule has 96 valence electrons. The molecule has 0 fully saturated rings. The second-order valence-corrected chi connectivity index (χ2v) is 3.98. The van der Waals surface area contributed by atoms with Crippen LogP contribution < -0.4 is 5.32 Å². The van der Waals surface area contributed by atoms with Crippen LogP contribution in [0.1, 0.15) is 17.1 Å². The first-order chi connectivity index (χ1) is 8.79. The van der Waals surface area contributed by atoms with Gasteiger partial charge in [0.15, 0.2) is 0 Å². The Bertz CT molecular complexity index is 496. The molecule has 0 spiro atoms. The molecule has 0 radical (unpaired) electrons. The number of hydrogen-bond donors (Lipinski definition) is 1. The third-order valence-corrected chi connectivity index (χ3v) is 2.53. The van der Waals surface area contributed by atoms with Crippen LogP contribution in [-0.4, -0.2) is 7.05 Å². The molecular weight excluding hydrogens is 233 g/mol. The molecule has 3 nitrogen and oxygen atoms in total. The fourth-order valence-corrected chi connectivity index (χ4v) is 1.65. The monoisotopic (exact) mass is 249 g/mol. The maximum absolute atomic E-state index is 13.3. The van der Waals surface area contributed by atoms with Gasteiger partial charge in [0, 0.05) is 5.56 Å². The molecule has 1 heterocycles. The van der Waals surface area contributed by atoms with E-state index in [2.05, 4.69) is 5.32 Å². The molecule has 0 aliphatic heterocycles. The molecule has 2 aromatic rings. The summed E-state index contributed by atoms with van der Waals surface area (Å²) in [5.74, 6) is 1.37. The summed E-state index contributed by atoms with van der Waals surface area (Å²) < 4.78 is 24.2. The third kappa shape index (κ3) is 3.42. The van der Waals surface area contributed by atoms with Crippen molar-refractivity contribution in [2.45, 2.75) is 19.8 Å². The summed E-state index contributed by atoms with van der Waals surface area (Å²) >= 11 is 0. The Hall–Kier alpha value is -1.65. The predicted octanol–water partition coefficient (Wildman–Crippen LogP) is 2.85. The maximum Gasteiger partial charge on any atom is 0.129 e. The van der Waals surface area contributed by atoms with Crippen molar-refractivity contribution in [1.82, 2.24) is 5.32 Å². The van der Waals surface area contributed by atoms with Gasteiger partial charge in [0.1, 0.15) is 23.9 Å². The van der Waals surface area contributed by atoms with Crippen LogP contribution in [0.5, 0.6) is 0 Å². The third-order valence-electron chi connectivity index (χ3n) is 2.53. The fourth-order valence-electron chi connectivity index (χ4n) is 1.65. The minimum absolute atomic E-state index is 0.243. The Morgan fingerprint density at radius 1 is 1.11 bits per heavy atom. The quantitative estimate of drug-likeness (QED) is 0.854. The van der Waals surface area contributed by atoms with Gasteiger partial charge in [0.05, 0.1) is 13.2 Å². The van der Waals surface area contributed by atoms with E-state index in [1.165, 1.54) is 6.07 Å². The topological polar surface area (TPSA) is 34.4 Å². The number of benzene rings is 1. The molecule has 0 unspecified atom stereocenters. The molecule has 0 aliphatic carbocycles. The van der Waals surface area contributed by atoms with Crippen LogP contribution >= 0.6 is 0 Å². The predicted molar refractivity (Wildman–Crippen MR) is 66.4 cm³/mol. The van der Waals surface area contributed by atoms with Crippen LogP contribution in [0.4, 0.5) is 4.39 Å². The summed E-state index contributed by atoms with van der Waals surface area (Å²) in [7, 11) is 1.86. The lowest BCUT2D eigenvalue weighted by molar-refractivity contribution is 0.0900. The second kappa shape index (κ2) is 6.33. The lowest BCUT2D eigenvalue weighted by atomic mass is 10.2. The van der Waals surface area contributed by atoms with Crippen molar-refractivity contribution in [1.29, 1.82) is 0 Å². The minimum Gasteiger partial charge on any atom is -0.462 e. The smallest absolute Gasteiger partial charge is 0.129 e. The molecule has 0 saturated heterocycles. The SMILES string of the molecule is CNCc1ccc(COCc2ccccc2F)o1. The average molecular weight is 249 g/mol. The highest BCUT2D eigenvalue weighted by molar-refractivity contribution is 5.16. The number of hydrogen-bond acceptors (Lipinski definition) is 3. The molecule has 0 atom stereocenters. The van der Waals surface area contributed by atoms with Crippen LogP contribution in [0.2, 0.25) is 0 Å². The van der Waals surface area contributed by atoms with Gasteiger partial charge < -0.3 is 14.5 Å². The van der Waals surface area contributed by atoms with Gasteiger partial charge in [-0.2, -0.15) is 0 Å². The highest BCUT2D eigenvalue weighted by Crippen LogP contribution is 2.12. The average Bonchev–Trinajstić information content (AvgIpc) is 2.80. The molecule has 0 aliphatic rings. The van der Waals surface area contributed by atoms with Crippen LogP contribution in [0.15, 0.2) is 40.8 Å². The molecule has 0 saturated carbocycles. The molecule has 4 heteroatoms. The molecule has 1 N–H and O–H groups in total.